The summed E-state index contributed by atoms with van der Waals surface area (Å²) in [5.74, 6) is 0. The van der Waals surface area contributed by atoms with Gasteiger partial charge in [-0.2, -0.15) is 0 Å². The zero-order valence-corrected chi connectivity index (χ0v) is 36.3. The first kappa shape index (κ1) is 38.0. The fourth-order valence-electron chi connectivity index (χ4n) is 11.2. The van der Waals surface area contributed by atoms with Crippen LogP contribution >= 0.6 is 0 Å². The van der Waals surface area contributed by atoms with E-state index in [0.717, 1.165) is 28.2 Å². The first-order chi connectivity index (χ1) is 32.7. The summed E-state index contributed by atoms with van der Waals surface area (Å²) in [5, 5.41) is 10.0. The van der Waals surface area contributed by atoms with Crippen LogP contribution in [0.1, 0.15) is 22.3 Å². The van der Waals surface area contributed by atoms with E-state index in [2.05, 4.69) is 266 Å². The number of nitrogens with zero attached hydrogens (tertiary/aromatic N) is 1. The maximum atomic E-state index is 2.52. The Morgan fingerprint density at radius 3 is 1.24 bits per heavy atom. The van der Waals surface area contributed by atoms with Gasteiger partial charge in [0.25, 0.3) is 0 Å². The molecule has 1 heteroatoms. The van der Waals surface area contributed by atoms with Crippen molar-refractivity contribution >= 4 is 60.2 Å². The minimum absolute atomic E-state index is 0.544. The van der Waals surface area contributed by atoms with E-state index < -0.39 is 5.41 Å². The molecule has 66 heavy (non-hydrogen) atoms. The monoisotopic (exact) mass is 837 g/mol. The summed E-state index contributed by atoms with van der Waals surface area (Å²) in [5.41, 5.74) is 15.0. The second-order valence-electron chi connectivity index (χ2n) is 17.6. The van der Waals surface area contributed by atoms with E-state index >= 15 is 0 Å². The van der Waals surface area contributed by atoms with Gasteiger partial charge in [-0.15, -0.1) is 0 Å². The van der Waals surface area contributed by atoms with Crippen LogP contribution in [0.15, 0.2) is 261 Å². The molecule has 0 amide bonds. The van der Waals surface area contributed by atoms with Crippen molar-refractivity contribution in [3.05, 3.63) is 283 Å². The average Bonchev–Trinajstić information content (AvgIpc) is 3.69. The molecule has 1 aliphatic carbocycles. The van der Waals surface area contributed by atoms with Crippen molar-refractivity contribution in [1.82, 2.24) is 0 Å². The molecule has 0 unspecified atom stereocenters. The minimum atomic E-state index is -0.544. The molecule has 12 aromatic rings. The highest BCUT2D eigenvalue weighted by atomic mass is 15.1. The third-order valence-corrected chi connectivity index (χ3v) is 14.1. The van der Waals surface area contributed by atoms with Crippen LogP contribution < -0.4 is 4.90 Å². The van der Waals surface area contributed by atoms with Crippen molar-refractivity contribution in [2.24, 2.45) is 0 Å². The summed E-state index contributed by atoms with van der Waals surface area (Å²) in [6.45, 7) is 0. The number of anilines is 3. The number of rotatable bonds is 7. The van der Waals surface area contributed by atoms with Gasteiger partial charge in [0.15, 0.2) is 0 Å². The third-order valence-electron chi connectivity index (χ3n) is 14.1. The van der Waals surface area contributed by atoms with Crippen molar-refractivity contribution in [3.8, 4) is 33.4 Å². The van der Waals surface area contributed by atoms with E-state index in [-0.39, 0.29) is 0 Å². The molecule has 0 bridgehead atoms. The van der Waals surface area contributed by atoms with Gasteiger partial charge >= 0.3 is 0 Å². The molecule has 0 N–H and O–H groups in total. The zero-order valence-electron chi connectivity index (χ0n) is 36.3. The van der Waals surface area contributed by atoms with Crippen LogP contribution in [0, 0.1) is 0 Å². The Kier molecular flexibility index (Phi) is 8.82. The van der Waals surface area contributed by atoms with E-state index in [4.69, 9.17) is 0 Å². The molecule has 13 rings (SSSR count). The maximum Gasteiger partial charge on any atom is 0.0714 e. The second kappa shape index (κ2) is 15.3. The molecule has 1 nitrogen and oxygen atoms in total. The highest BCUT2D eigenvalue weighted by molar-refractivity contribution is 6.10. The zero-order chi connectivity index (χ0) is 43.6. The molecule has 0 aliphatic heterocycles. The Balaban J connectivity index is 1.07. The molecule has 0 atom stereocenters. The lowest BCUT2D eigenvalue weighted by atomic mass is 9.67. The number of hydrogen-bond acceptors (Lipinski definition) is 1. The fraction of sp³-hybridized carbons (Fsp3) is 0.0154. The summed E-state index contributed by atoms with van der Waals surface area (Å²) in [4.78, 5) is 2.52. The summed E-state index contributed by atoms with van der Waals surface area (Å²) in [7, 11) is 0. The summed E-state index contributed by atoms with van der Waals surface area (Å²) >= 11 is 0. The first-order valence-corrected chi connectivity index (χ1v) is 22.9. The SMILES string of the molecule is c1ccc(C2(c3ccccc3)c3ccccc3-c3ccc(N(c4ccccc4-c4ccc5c(ccc6ccccc65)c4)c4ccccc4-c4ccc5c(ccc6ccccc65)c4)cc32)cc1. The molecule has 0 radical (unpaired) electrons. The molecule has 0 aromatic heterocycles. The normalized spacial score (nSPS) is 12.7. The second-order valence-corrected chi connectivity index (χ2v) is 17.6. The molecule has 12 aromatic carbocycles. The van der Waals surface area contributed by atoms with Crippen LogP contribution in [0.5, 0.6) is 0 Å². The highest BCUT2D eigenvalue weighted by Crippen LogP contribution is 2.58. The van der Waals surface area contributed by atoms with Gasteiger partial charge in [0.2, 0.25) is 0 Å². The number of hydrogen-bond donors (Lipinski definition) is 0. The van der Waals surface area contributed by atoms with Crippen molar-refractivity contribution in [2.75, 3.05) is 4.90 Å². The number of para-hydroxylation sites is 2. The molecule has 0 spiro atoms. The average molecular weight is 838 g/mol. The van der Waals surface area contributed by atoms with Gasteiger partial charge in [-0.3, -0.25) is 0 Å². The van der Waals surface area contributed by atoms with Crippen molar-refractivity contribution < 1.29 is 0 Å². The Bertz CT molecular complexity index is 3630. The lowest BCUT2D eigenvalue weighted by Crippen LogP contribution is -2.28. The molecular weight excluding hydrogens is 795 g/mol. The Morgan fingerprint density at radius 2 is 0.682 bits per heavy atom. The number of fused-ring (bicyclic) bond motifs is 9. The molecule has 0 saturated heterocycles. The molecule has 0 saturated carbocycles. The van der Waals surface area contributed by atoms with E-state index in [1.807, 2.05) is 0 Å². The minimum Gasteiger partial charge on any atom is -0.309 e. The topological polar surface area (TPSA) is 3.24 Å². The predicted molar refractivity (Wildman–Crippen MR) is 279 cm³/mol. The predicted octanol–water partition coefficient (Wildman–Crippen LogP) is 17.5. The summed E-state index contributed by atoms with van der Waals surface area (Å²) < 4.78 is 0. The van der Waals surface area contributed by atoms with E-state index in [1.165, 1.54) is 87.6 Å². The summed E-state index contributed by atoms with van der Waals surface area (Å²) in [6, 6.07) is 96.7. The lowest BCUT2D eigenvalue weighted by Gasteiger charge is -2.35. The van der Waals surface area contributed by atoms with Crippen molar-refractivity contribution in [1.29, 1.82) is 0 Å². The van der Waals surface area contributed by atoms with Gasteiger partial charge in [-0.1, -0.05) is 224 Å². The van der Waals surface area contributed by atoms with Crippen LogP contribution in [0.3, 0.4) is 0 Å². The lowest BCUT2D eigenvalue weighted by molar-refractivity contribution is 0.768. The van der Waals surface area contributed by atoms with Gasteiger partial charge < -0.3 is 4.90 Å². The Labute approximate surface area is 385 Å². The quantitative estimate of drug-likeness (QED) is 0.145. The molecular formula is C65H43N. The van der Waals surface area contributed by atoms with Crippen LogP contribution in [0.25, 0.3) is 76.5 Å². The van der Waals surface area contributed by atoms with Crippen LogP contribution in [-0.4, -0.2) is 0 Å². The van der Waals surface area contributed by atoms with Gasteiger partial charge in [0, 0.05) is 16.8 Å². The highest BCUT2D eigenvalue weighted by Gasteiger charge is 2.46. The molecule has 0 heterocycles. The van der Waals surface area contributed by atoms with Gasteiger partial charge in [-0.05, 0) is 124 Å². The standard InChI is InChI=1S/C65H43N/c1-3-19-50(20-4-1)65(51-21-5-2-6-22-51)61-28-14-11-27-59(61)60-40-37-52(43-62(60)65)66(63-29-15-12-25-57(63)48-35-38-55-46(41-48)33-31-44-17-7-9-23-53(44)55)64-30-16-13-26-58(64)49-36-39-56-47(42-49)34-32-45-18-8-10-24-54(45)56/h1-43H. The van der Waals surface area contributed by atoms with E-state index in [1.54, 1.807) is 0 Å². The smallest absolute Gasteiger partial charge is 0.0714 e. The maximum absolute atomic E-state index is 2.52. The molecule has 308 valence electrons. The Hall–Kier alpha value is -8.52. The summed E-state index contributed by atoms with van der Waals surface area (Å²) in [6.07, 6.45) is 0. The van der Waals surface area contributed by atoms with Crippen LogP contribution in [-0.2, 0) is 5.41 Å². The van der Waals surface area contributed by atoms with Gasteiger partial charge in [0.05, 0.1) is 16.8 Å². The molecule has 1 aliphatic rings. The van der Waals surface area contributed by atoms with Crippen LogP contribution in [0.2, 0.25) is 0 Å². The fourth-order valence-corrected chi connectivity index (χ4v) is 11.2. The van der Waals surface area contributed by atoms with Crippen molar-refractivity contribution in [2.45, 2.75) is 5.41 Å². The third kappa shape index (κ3) is 5.87. The first-order valence-electron chi connectivity index (χ1n) is 22.9. The number of benzene rings is 12. The van der Waals surface area contributed by atoms with Crippen molar-refractivity contribution in [3.63, 3.8) is 0 Å². The largest absolute Gasteiger partial charge is 0.309 e. The molecule has 0 fully saturated rings. The van der Waals surface area contributed by atoms with Crippen LogP contribution in [0.4, 0.5) is 17.1 Å². The van der Waals surface area contributed by atoms with Gasteiger partial charge in [0.1, 0.15) is 0 Å². The van der Waals surface area contributed by atoms with E-state index in [0.29, 0.717) is 0 Å². The van der Waals surface area contributed by atoms with E-state index in [9.17, 15) is 0 Å². The Morgan fingerprint density at radius 1 is 0.258 bits per heavy atom. The van der Waals surface area contributed by atoms with Gasteiger partial charge in [-0.25, -0.2) is 0 Å².